The molecular formula is C15H25N3O. The topological polar surface area (TPSA) is 36.5 Å². The number of rotatable bonds is 6. The van der Waals surface area contributed by atoms with Crippen molar-refractivity contribution in [3.63, 3.8) is 0 Å². The standard InChI is InChI=1S/C15H25N3O/c1-13(18-8-6-16-7-9-18)11-17-12-14-4-3-5-15(10-14)19-2/h3-5,10,13,16-17H,6-9,11-12H2,1-2H3. The normalized spacial score (nSPS) is 18.2. The summed E-state index contributed by atoms with van der Waals surface area (Å²) in [7, 11) is 1.71. The molecule has 1 heterocycles. The Labute approximate surface area is 116 Å². The summed E-state index contributed by atoms with van der Waals surface area (Å²) < 4.78 is 5.23. The van der Waals surface area contributed by atoms with Crippen LogP contribution in [0, 0.1) is 0 Å². The molecule has 0 spiro atoms. The Kier molecular flexibility index (Phi) is 5.63. The lowest BCUT2D eigenvalue weighted by Gasteiger charge is -2.32. The van der Waals surface area contributed by atoms with Gasteiger partial charge < -0.3 is 15.4 Å². The maximum atomic E-state index is 5.23. The van der Waals surface area contributed by atoms with Crippen molar-refractivity contribution in [2.75, 3.05) is 39.8 Å². The van der Waals surface area contributed by atoms with Gasteiger partial charge in [0.1, 0.15) is 5.75 Å². The van der Waals surface area contributed by atoms with Crippen LogP contribution < -0.4 is 15.4 Å². The number of nitrogens with one attached hydrogen (secondary N) is 2. The van der Waals surface area contributed by atoms with E-state index in [0.717, 1.165) is 45.0 Å². The molecule has 1 unspecified atom stereocenters. The fraction of sp³-hybridized carbons (Fsp3) is 0.600. The van der Waals surface area contributed by atoms with Gasteiger partial charge in [0.05, 0.1) is 7.11 Å². The van der Waals surface area contributed by atoms with Gasteiger partial charge >= 0.3 is 0 Å². The Balaban J connectivity index is 1.72. The number of nitrogens with zero attached hydrogens (tertiary/aromatic N) is 1. The number of methoxy groups -OCH3 is 1. The molecule has 1 aromatic carbocycles. The minimum atomic E-state index is 0.590. The molecule has 4 nitrogen and oxygen atoms in total. The molecule has 0 aliphatic carbocycles. The van der Waals surface area contributed by atoms with Crippen molar-refractivity contribution in [1.29, 1.82) is 0 Å². The van der Waals surface area contributed by atoms with Gasteiger partial charge in [-0.1, -0.05) is 12.1 Å². The summed E-state index contributed by atoms with van der Waals surface area (Å²) in [5.74, 6) is 0.925. The first-order valence-corrected chi connectivity index (χ1v) is 7.08. The van der Waals surface area contributed by atoms with Crippen molar-refractivity contribution >= 4 is 0 Å². The van der Waals surface area contributed by atoms with Crippen molar-refractivity contribution in [2.45, 2.75) is 19.5 Å². The highest BCUT2D eigenvalue weighted by molar-refractivity contribution is 5.28. The van der Waals surface area contributed by atoms with Crippen LogP contribution in [0.4, 0.5) is 0 Å². The molecule has 1 aliphatic heterocycles. The average molecular weight is 263 g/mol. The Morgan fingerprint density at radius 2 is 2.16 bits per heavy atom. The third kappa shape index (κ3) is 4.49. The van der Waals surface area contributed by atoms with E-state index in [1.54, 1.807) is 7.11 Å². The summed E-state index contributed by atoms with van der Waals surface area (Å²) in [5.41, 5.74) is 1.27. The van der Waals surface area contributed by atoms with Gasteiger partial charge in [-0.3, -0.25) is 4.90 Å². The highest BCUT2D eigenvalue weighted by Gasteiger charge is 2.15. The van der Waals surface area contributed by atoms with Crippen LogP contribution in [0.25, 0.3) is 0 Å². The predicted octanol–water partition coefficient (Wildman–Crippen LogP) is 1.08. The Bertz CT molecular complexity index is 377. The molecule has 106 valence electrons. The third-order valence-electron chi connectivity index (χ3n) is 3.68. The van der Waals surface area contributed by atoms with Gasteiger partial charge in [-0.15, -0.1) is 0 Å². The maximum absolute atomic E-state index is 5.23. The van der Waals surface area contributed by atoms with Crippen LogP contribution in [-0.2, 0) is 6.54 Å². The molecule has 1 atom stereocenters. The van der Waals surface area contributed by atoms with Crippen molar-refractivity contribution in [3.05, 3.63) is 29.8 Å². The zero-order chi connectivity index (χ0) is 13.5. The molecule has 1 saturated heterocycles. The lowest BCUT2D eigenvalue weighted by molar-refractivity contribution is 0.181. The zero-order valence-electron chi connectivity index (χ0n) is 12.0. The molecule has 0 amide bonds. The van der Waals surface area contributed by atoms with Gasteiger partial charge in [0.2, 0.25) is 0 Å². The molecular weight excluding hydrogens is 238 g/mol. The molecule has 0 aromatic heterocycles. The van der Waals surface area contributed by atoms with E-state index in [9.17, 15) is 0 Å². The molecule has 0 radical (unpaired) electrons. The lowest BCUT2D eigenvalue weighted by atomic mass is 10.2. The summed E-state index contributed by atoms with van der Waals surface area (Å²) in [6, 6.07) is 8.82. The summed E-state index contributed by atoms with van der Waals surface area (Å²) >= 11 is 0. The first kappa shape index (κ1) is 14.3. The summed E-state index contributed by atoms with van der Waals surface area (Å²) in [6.45, 7) is 8.75. The fourth-order valence-corrected chi connectivity index (χ4v) is 2.46. The molecule has 1 aliphatic rings. The van der Waals surface area contributed by atoms with Crippen molar-refractivity contribution in [3.8, 4) is 5.75 Å². The molecule has 0 saturated carbocycles. The summed E-state index contributed by atoms with van der Waals surface area (Å²) in [6.07, 6.45) is 0. The van der Waals surface area contributed by atoms with E-state index in [4.69, 9.17) is 4.74 Å². The van der Waals surface area contributed by atoms with Crippen LogP contribution in [0.5, 0.6) is 5.75 Å². The number of hydrogen-bond donors (Lipinski definition) is 2. The number of ether oxygens (including phenoxy) is 1. The first-order valence-electron chi connectivity index (χ1n) is 7.08. The SMILES string of the molecule is COc1cccc(CNCC(C)N2CCNCC2)c1. The second-order valence-electron chi connectivity index (χ2n) is 5.12. The average Bonchev–Trinajstić information content (AvgIpc) is 2.48. The Morgan fingerprint density at radius 1 is 1.37 bits per heavy atom. The van der Waals surface area contributed by atoms with E-state index in [-0.39, 0.29) is 0 Å². The predicted molar refractivity (Wildman–Crippen MR) is 78.6 cm³/mol. The lowest BCUT2D eigenvalue weighted by Crippen LogP contribution is -2.50. The van der Waals surface area contributed by atoms with Crippen LogP contribution in [0.3, 0.4) is 0 Å². The van der Waals surface area contributed by atoms with Crippen LogP contribution in [0.2, 0.25) is 0 Å². The zero-order valence-corrected chi connectivity index (χ0v) is 12.0. The molecule has 2 rings (SSSR count). The highest BCUT2D eigenvalue weighted by atomic mass is 16.5. The second kappa shape index (κ2) is 7.48. The molecule has 1 aromatic rings. The summed E-state index contributed by atoms with van der Waals surface area (Å²) in [5, 5.41) is 6.92. The van der Waals surface area contributed by atoms with Gasteiger partial charge in [0.15, 0.2) is 0 Å². The van der Waals surface area contributed by atoms with Crippen molar-refractivity contribution < 1.29 is 4.74 Å². The van der Waals surface area contributed by atoms with Gasteiger partial charge in [-0.2, -0.15) is 0 Å². The van der Waals surface area contributed by atoms with Crippen LogP contribution >= 0.6 is 0 Å². The molecule has 0 bridgehead atoms. The van der Waals surface area contributed by atoms with E-state index in [2.05, 4.69) is 34.6 Å². The van der Waals surface area contributed by atoms with Crippen LogP contribution in [0.1, 0.15) is 12.5 Å². The summed E-state index contributed by atoms with van der Waals surface area (Å²) in [4.78, 5) is 2.54. The molecule has 4 heteroatoms. The van der Waals surface area contributed by atoms with Gasteiger partial charge in [0, 0.05) is 45.3 Å². The highest BCUT2D eigenvalue weighted by Crippen LogP contribution is 2.12. The first-order chi connectivity index (χ1) is 9.29. The minimum Gasteiger partial charge on any atom is -0.497 e. The third-order valence-corrected chi connectivity index (χ3v) is 3.68. The van der Waals surface area contributed by atoms with Crippen molar-refractivity contribution in [1.82, 2.24) is 15.5 Å². The van der Waals surface area contributed by atoms with Crippen molar-refractivity contribution in [2.24, 2.45) is 0 Å². The number of piperazine rings is 1. The van der Waals surface area contributed by atoms with Crippen LogP contribution in [0.15, 0.2) is 24.3 Å². The van der Waals surface area contributed by atoms with E-state index in [1.165, 1.54) is 5.56 Å². The largest absolute Gasteiger partial charge is 0.497 e. The van der Waals surface area contributed by atoms with Gasteiger partial charge in [-0.05, 0) is 24.6 Å². The van der Waals surface area contributed by atoms with Gasteiger partial charge in [-0.25, -0.2) is 0 Å². The number of benzene rings is 1. The maximum Gasteiger partial charge on any atom is 0.119 e. The number of hydrogen-bond acceptors (Lipinski definition) is 4. The fourth-order valence-electron chi connectivity index (χ4n) is 2.46. The monoisotopic (exact) mass is 263 g/mol. The van der Waals surface area contributed by atoms with Crippen LogP contribution in [-0.4, -0.2) is 50.8 Å². The van der Waals surface area contributed by atoms with E-state index >= 15 is 0 Å². The second-order valence-corrected chi connectivity index (χ2v) is 5.12. The van der Waals surface area contributed by atoms with E-state index in [0.29, 0.717) is 6.04 Å². The van der Waals surface area contributed by atoms with Gasteiger partial charge in [0.25, 0.3) is 0 Å². The van der Waals surface area contributed by atoms with E-state index in [1.807, 2.05) is 12.1 Å². The Morgan fingerprint density at radius 3 is 2.89 bits per heavy atom. The molecule has 19 heavy (non-hydrogen) atoms. The smallest absolute Gasteiger partial charge is 0.119 e. The van der Waals surface area contributed by atoms with E-state index < -0.39 is 0 Å². The molecule has 1 fully saturated rings. The minimum absolute atomic E-state index is 0.590. The molecule has 2 N–H and O–H groups in total. The quantitative estimate of drug-likeness (QED) is 0.805. The Hall–Kier alpha value is -1.10.